The van der Waals surface area contributed by atoms with Crippen LogP contribution in [0.25, 0.3) is 0 Å². The molecule has 1 aromatic carbocycles. The van der Waals surface area contributed by atoms with Crippen molar-refractivity contribution in [3.05, 3.63) is 58.3 Å². The van der Waals surface area contributed by atoms with Gasteiger partial charge in [-0.3, -0.25) is 14.9 Å². The van der Waals surface area contributed by atoms with Crippen molar-refractivity contribution in [2.75, 3.05) is 11.9 Å². The predicted molar refractivity (Wildman–Crippen MR) is 105 cm³/mol. The van der Waals surface area contributed by atoms with Gasteiger partial charge in [-0.1, -0.05) is 23.7 Å². The van der Waals surface area contributed by atoms with E-state index < -0.39 is 5.91 Å². The van der Waals surface area contributed by atoms with Crippen LogP contribution in [-0.2, 0) is 22.7 Å². The van der Waals surface area contributed by atoms with Gasteiger partial charge >= 0.3 is 5.97 Å². The summed E-state index contributed by atoms with van der Waals surface area (Å²) in [5.41, 5.74) is 0.837. The topological polar surface area (TPSA) is 95.3 Å². The summed E-state index contributed by atoms with van der Waals surface area (Å²) >= 11 is 7.28. The molecule has 0 unspecified atom stereocenters. The Morgan fingerprint density at radius 2 is 2.11 bits per heavy atom. The molecule has 0 radical (unpaired) electrons. The number of anilines is 1. The van der Waals surface area contributed by atoms with Crippen LogP contribution in [0.15, 0.2) is 41.9 Å². The van der Waals surface area contributed by atoms with Crippen molar-refractivity contribution in [3.63, 3.8) is 0 Å². The smallest absolute Gasteiger partial charge is 0.311 e. The van der Waals surface area contributed by atoms with Crippen molar-refractivity contribution in [2.24, 2.45) is 0 Å². The van der Waals surface area contributed by atoms with Crippen molar-refractivity contribution in [1.29, 1.82) is 0 Å². The fraction of sp³-hybridized carbons (Fsp3) is 0.222. The molecular formula is C18H17ClN4O4S. The number of halogens is 1. The maximum absolute atomic E-state index is 12.5. The highest BCUT2D eigenvalue weighted by Crippen LogP contribution is 2.23. The van der Waals surface area contributed by atoms with E-state index in [-0.39, 0.29) is 19.1 Å². The molecular weight excluding hydrogens is 404 g/mol. The Kier molecular flexibility index (Phi) is 6.62. The highest BCUT2D eigenvalue weighted by Gasteiger charge is 2.16. The zero-order valence-corrected chi connectivity index (χ0v) is 16.5. The van der Waals surface area contributed by atoms with Crippen molar-refractivity contribution >= 4 is 39.9 Å². The van der Waals surface area contributed by atoms with Crippen LogP contribution in [-0.4, -0.2) is 33.2 Å². The Balaban J connectivity index is 1.61. The van der Waals surface area contributed by atoms with Crippen LogP contribution < -0.4 is 10.1 Å². The van der Waals surface area contributed by atoms with Crippen LogP contribution >= 0.6 is 22.9 Å². The number of carbonyl (C=O) groups excluding carboxylic acids is 2. The molecule has 146 valence electrons. The fourth-order valence-corrected chi connectivity index (χ4v) is 3.18. The Morgan fingerprint density at radius 3 is 2.89 bits per heavy atom. The minimum atomic E-state index is -0.391. The van der Waals surface area contributed by atoms with Crippen LogP contribution in [0.4, 0.5) is 5.13 Å². The van der Waals surface area contributed by atoms with E-state index in [1.54, 1.807) is 42.6 Å². The van der Waals surface area contributed by atoms with Gasteiger partial charge in [0.15, 0.2) is 11.9 Å². The van der Waals surface area contributed by atoms with Crippen LogP contribution in [0.1, 0.15) is 23.1 Å². The lowest BCUT2D eigenvalue weighted by Crippen LogP contribution is -2.19. The van der Waals surface area contributed by atoms with Gasteiger partial charge in [0.25, 0.3) is 5.91 Å². The van der Waals surface area contributed by atoms with E-state index in [0.717, 1.165) is 0 Å². The average molecular weight is 421 g/mol. The molecule has 0 bridgehead atoms. The number of benzene rings is 1. The van der Waals surface area contributed by atoms with Gasteiger partial charge in [0, 0.05) is 11.6 Å². The first kappa shape index (κ1) is 19.8. The third-order valence-corrected chi connectivity index (χ3v) is 4.65. The number of amides is 1. The summed E-state index contributed by atoms with van der Waals surface area (Å²) in [6.07, 6.45) is 1.56. The number of nitrogens with one attached hydrogen (secondary N) is 1. The molecule has 10 heteroatoms. The van der Waals surface area contributed by atoms with Gasteiger partial charge in [0.2, 0.25) is 0 Å². The zero-order valence-electron chi connectivity index (χ0n) is 14.9. The maximum atomic E-state index is 12.5. The second-order valence-corrected chi connectivity index (χ2v) is 6.77. The van der Waals surface area contributed by atoms with Crippen molar-refractivity contribution in [3.8, 4) is 5.75 Å². The van der Waals surface area contributed by atoms with Crippen LogP contribution in [0.3, 0.4) is 0 Å². The second kappa shape index (κ2) is 9.34. The lowest BCUT2D eigenvalue weighted by molar-refractivity contribution is -0.142. The number of hydrogen-bond acceptors (Lipinski definition) is 7. The van der Waals surface area contributed by atoms with Gasteiger partial charge < -0.3 is 9.47 Å². The number of nitrogens with zero attached hydrogens (tertiary/aromatic N) is 3. The average Bonchev–Trinajstić information content (AvgIpc) is 3.30. The monoisotopic (exact) mass is 420 g/mol. The molecule has 0 aliphatic carbocycles. The molecule has 0 saturated carbocycles. The molecule has 3 rings (SSSR count). The summed E-state index contributed by atoms with van der Waals surface area (Å²) in [6, 6.07) is 8.61. The quantitative estimate of drug-likeness (QED) is 0.561. The molecule has 1 N–H and O–H groups in total. The summed E-state index contributed by atoms with van der Waals surface area (Å²) in [7, 11) is 0. The first-order valence-corrected chi connectivity index (χ1v) is 9.63. The molecule has 1 amide bonds. The van der Waals surface area contributed by atoms with Gasteiger partial charge in [-0.15, -0.1) is 11.3 Å². The van der Waals surface area contributed by atoms with Crippen LogP contribution in [0.5, 0.6) is 5.75 Å². The normalized spacial score (nSPS) is 10.5. The summed E-state index contributed by atoms with van der Waals surface area (Å²) in [5, 5.41) is 9.34. The van der Waals surface area contributed by atoms with E-state index in [4.69, 9.17) is 21.1 Å². The molecule has 8 nitrogen and oxygen atoms in total. The Bertz CT molecular complexity index is 972. The number of aromatic nitrogens is 3. The zero-order chi connectivity index (χ0) is 19.9. The Morgan fingerprint density at radius 1 is 1.29 bits per heavy atom. The summed E-state index contributed by atoms with van der Waals surface area (Å²) in [6.45, 7) is 2.07. The van der Waals surface area contributed by atoms with E-state index in [9.17, 15) is 9.59 Å². The molecule has 0 fully saturated rings. The largest absolute Gasteiger partial charge is 0.470 e. The van der Waals surface area contributed by atoms with Crippen molar-refractivity contribution in [2.45, 2.75) is 20.1 Å². The van der Waals surface area contributed by atoms with Gasteiger partial charge in [-0.2, -0.15) is 5.10 Å². The maximum Gasteiger partial charge on any atom is 0.311 e. The number of ether oxygens (including phenoxy) is 2. The lowest BCUT2D eigenvalue weighted by Gasteiger charge is -2.10. The Hall–Kier alpha value is -2.91. The molecule has 28 heavy (non-hydrogen) atoms. The lowest BCUT2D eigenvalue weighted by atomic mass is 10.3. The van der Waals surface area contributed by atoms with Gasteiger partial charge in [0.1, 0.15) is 11.4 Å². The van der Waals surface area contributed by atoms with E-state index in [1.807, 2.05) is 0 Å². The minimum Gasteiger partial charge on any atom is -0.470 e. The van der Waals surface area contributed by atoms with Crippen molar-refractivity contribution in [1.82, 2.24) is 14.8 Å². The fourth-order valence-electron chi connectivity index (χ4n) is 2.29. The van der Waals surface area contributed by atoms with Gasteiger partial charge in [-0.25, -0.2) is 9.67 Å². The van der Waals surface area contributed by atoms with Crippen LogP contribution in [0, 0.1) is 0 Å². The molecule has 3 aromatic rings. The summed E-state index contributed by atoms with van der Waals surface area (Å²) in [4.78, 5) is 28.3. The molecule has 0 saturated heterocycles. The minimum absolute atomic E-state index is 0.0193. The number of esters is 1. The molecule has 0 aliphatic heterocycles. The highest BCUT2D eigenvalue weighted by atomic mass is 35.5. The number of rotatable bonds is 8. The highest BCUT2D eigenvalue weighted by molar-refractivity contribution is 7.14. The van der Waals surface area contributed by atoms with E-state index >= 15 is 0 Å². The third-order valence-electron chi connectivity index (χ3n) is 3.53. The van der Waals surface area contributed by atoms with Crippen molar-refractivity contribution < 1.29 is 19.1 Å². The summed E-state index contributed by atoms with van der Waals surface area (Å²) < 4.78 is 11.9. The number of para-hydroxylation sites is 1. The Labute approximate surface area is 170 Å². The second-order valence-electron chi connectivity index (χ2n) is 5.50. The van der Waals surface area contributed by atoms with E-state index in [2.05, 4.69) is 15.4 Å². The van der Waals surface area contributed by atoms with Gasteiger partial charge in [-0.05, 0) is 25.1 Å². The SMILES string of the molecule is CCOC(=O)Cc1csc(NC(=O)c2ccnn2COc2ccccc2Cl)n1. The molecule has 2 aromatic heterocycles. The summed E-state index contributed by atoms with van der Waals surface area (Å²) in [5.74, 6) is -0.257. The molecule has 2 heterocycles. The third kappa shape index (κ3) is 5.08. The first-order valence-electron chi connectivity index (χ1n) is 8.37. The molecule has 0 atom stereocenters. The van der Waals surface area contributed by atoms with E-state index in [1.165, 1.54) is 22.2 Å². The predicted octanol–water partition coefficient (Wildman–Crippen LogP) is 3.39. The number of hydrogen-bond donors (Lipinski definition) is 1. The van der Waals surface area contributed by atoms with E-state index in [0.29, 0.717) is 33.9 Å². The molecule has 0 aliphatic rings. The van der Waals surface area contributed by atoms with Gasteiger partial charge in [0.05, 0.1) is 23.7 Å². The standard InChI is InChI=1S/C18H17ClN4O4S/c1-2-26-16(24)9-12-10-28-18(21-12)22-17(25)14-7-8-20-23(14)11-27-15-6-4-3-5-13(15)19/h3-8,10H,2,9,11H2,1H3,(H,21,22,25). The first-order chi connectivity index (χ1) is 13.6. The van der Waals surface area contributed by atoms with Crippen LogP contribution in [0.2, 0.25) is 5.02 Å². The number of thiazole rings is 1. The number of carbonyl (C=O) groups is 2. The molecule has 0 spiro atoms.